The summed E-state index contributed by atoms with van der Waals surface area (Å²) in [4.78, 5) is 0. The molecule has 0 rings (SSSR count). The summed E-state index contributed by atoms with van der Waals surface area (Å²) in [6.45, 7) is 6.61. The molecule has 0 saturated carbocycles. The van der Waals surface area contributed by atoms with Crippen LogP contribution in [0.1, 0.15) is 245 Å². The molecular weight excluding hydrogens is 510 g/mol. The predicted octanol–water partition coefficient (Wildman–Crippen LogP) is 15.2. The Balaban J connectivity index is 0. The Hall–Kier alpha value is -0.0800. The Morgan fingerprint density at radius 1 is 0.214 bits per heavy atom. The third-order valence-electron chi connectivity index (χ3n) is 9.28. The van der Waals surface area contributed by atoms with Gasteiger partial charge in [-0.15, -0.1) is 0 Å². The average Bonchev–Trinajstić information content (AvgIpc) is 2.98. The van der Waals surface area contributed by atoms with E-state index in [0.29, 0.717) is 0 Å². The van der Waals surface area contributed by atoms with Crippen LogP contribution in [0.25, 0.3) is 0 Å². The van der Waals surface area contributed by atoms with Gasteiger partial charge in [0.25, 0.3) is 0 Å². The third kappa shape index (κ3) is 42.1. The van der Waals surface area contributed by atoms with Gasteiger partial charge in [0, 0.05) is 13.2 Å². The van der Waals surface area contributed by atoms with Gasteiger partial charge < -0.3 is 10.9 Å². The fourth-order valence-corrected chi connectivity index (χ4v) is 6.31. The molecule has 0 aromatic rings. The molecule has 0 aliphatic rings. The standard InChI is InChI=1S/C40H82O.H3N/c1-3-5-7-9-11-13-15-17-19-21-23-25-27-29-31-33-35-37-39-41-40-38-36-34-32-30-28-26-24-22-20-18-16-14-12-10-8-6-4-2;/h3-40H2,1-2H3;1H3. The smallest absolute Gasteiger partial charge is 0.0466 e. The molecule has 2 heteroatoms. The molecule has 0 fully saturated rings. The van der Waals surface area contributed by atoms with Gasteiger partial charge in [0.15, 0.2) is 0 Å². The highest BCUT2D eigenvalue weighted by Gasteiger charge is 1.97. The molecule has 0 bridgehead atoms. The van der Waals surface area contributed by atoms with Crippen LogP contribution in [0.4, 0.5) is 0 Å². The van der Waals surface area contributed by atoms with E-state index in [-0.39, 0.29) is 6.15 Å². The fraction of sp³-hybridized carbons (Fsp3) is 1.00. The summed E-state index contributed by atoms with van der Waals surface area (Å²) in [5, 5.41) is 0. The van der Waals surface area contributed by atoms with Crippen molar-refractivity contribution in [2.75, 3.05) is 13.2 Å². The van der Waals surface area contributed by atoms with Gasteiger partial charge >= 0.3 is 0 Å². The maximum atomic E-state index is 5.89. The molecule has 2 nitrogen and oxygen atoms in total. The lowest BCUT2D eigenvalue weighted by molar-refractivity contribution is 0.125. The van der Waals surface area contributed by atoms with Gasteiger partial charge in [0.2, 0.25) is 0 Å². The molecule has 42 heavy (non-hydrogen) atoms. The van der Waals surface area contributed by atoms with Crippen LogP contribution >= 0.6 is 0 Å². The zero-order valence-corrected chi connectivity index (χ0v) is 30.0. The maximum absolute atomic E-state index is 5.89. The maximum Gasteiger partial charge on any atom is 0.0466 e. The molecule has 0 spiro atoms. The molecule has 256 valence electrons. The van der Waals surface area contributed by atoms with Crippen LogP contribution in [-0.4, -0.2) is 13.2 Å². The van der Waals surface area contributed by atoms with E-state index < -0.39 is 0 Å². The molecule has 0 aromatic heterocycles. The lowest BCUT2D eigenvalue weighted by atomic mass is 10.0. The van der Waals surface area contributed by atoms with Crippen LogP contribution in [0.2, 0.25) is 0 Å². The van der Waals surface area contributed by atoms with Gasteiger partial charge in [0.1, 0.15) is 0 Å². The van der Waals surface area contributed by atoms with E-state index in [0.717, 1.165) is 13.2 Å². The minimum atomic E-state index is 0. The number of hydrogen-bond donors (Lipinski definition) is 1. The van der Waals surface area contributed by atoms with E-state index in [1.807, 2.05) is 0 Å². The van der Waals surface area contributed by atoms with Gasteiger partial charge in [0.05, 0.1) is 0 Å². The molecule has 0 atom stereocenters. The van der Waals surface area contributed by atoms with Crippen LogP contribution in [0, 0.1) is 0 Å². The number of rotatable bonds is 38. The van der Waals surface area contributed by atoms with E-state index in [1.165, 1.54) is 231 Å². The summed E-state index contributed by atoms with van der Waals surface area (Å²) < 4.78 is 5.89. The normalized spacial score (nSPS) is 11.3. The third-order valence-corrected chi connectivity index (χ3v) is 9.28. The summed E-state index contributed by atoms with van der Waals surface area (Å²) in [5.74, 6) is 0. The highest BCUT2D eigenvalue weighted by Crippen LogP contribution is 2.16. The van der Waals surface area contributed by atoms with Gasteiger partial charge in [-0.2, -0.15) is 0 Å². The minimum absolute atomic E-state index is 0. The van der Waals surface area contributed by atoms with Crippen molar-refractivity contribution < 1.29 is 4.74 Å². The summed E-state index contributed by atoms with van der Waals surface area (Å²) in [6.07, 6.45) is 52.0. The Kier molecular flexibility index (Phi) is 45.1. The number of hydrogen-bond acceptors (Lipinski definition) is 2. The van der Waals surface area contributed by atoms with Crippen molar-refractivity contribution in [2.45, 2.75) is 245 Å². The monoisotopic (exact) mass is 596 g/mol. The molecule has 0 amide bonds. The summed E-state index contributed by atoms with van der Waals surface area (Å²) >= 11 is 0. The van der Waals surface area contributed by atoms with Crippen molar-refractivity contribution in [1.82, 2.24) is 6.15 Å². The molecule has 0 heterocycles. The second kappa shape index (κ2) is 43.0. The second-order valence-corrected chi connectivity index (χ2v) is 13.6. The average molecular weight is 596 g/mol. The van der Waals surface area contributed by atoms with E-state index >= 15 is 0 Å². The van der Waals surface area contributed by atoms with Crippen LogP contribution in [0.15, 0.2) is 0 Å². The fourth-order valence-electron chi connectivity index (χ4n) is 6.31. The zero-order chi connectivity index (χ0) is 29.6. The van der Waals surface area contributed by atoms with Gasteiger partial charge in [-0.3, -0.25) is 0 Å². The van der Waals surface area contributed by atoms with Crippen molar-refractivity contribution in [3.05, 3.63) is 0 Å². The SMILES string of the molecule is CCCCCCCCCCCCCCCCCCCCOCCCCCCCCCCCCCCCCCCCC.N. The zero-order valence-electron chi connectivity index (χ0n) is 30.0. The van der Waals surface area contributed by atoms with E-state index in [4.69, 9.17) is 4.74 Å². The lowest BCUT2D eigenvalue weighted by Gasteiger charge is -2.06. The molecule has 0 radical (unpaired) electrons. The first-order chi connectivity index (χ1) is 20.4. The Morgan fingerprint density at radius 2 is 0.357 bits per heavy atom. The van der Waals surface area contributed by atoms with Crippen molar-refractivity contribution in [3.63, 3.8) is 0 Å². The van der Waals surface area contributed by atoms with E-state index in [1.54, 1.807) is 0 Å². The first-order valence-electron chi connectivity index (χ1n) is 20.0. The predicted molar refractivity (Wildman–Crippen MR) is 193 cm³/mol. The molecule has 0 saturated heterocycles. The molecule has 3 N–H and O–H groups in total. The van der Waals surface area contributed by atoms with Crippen molar-refractivity contribution in [2.24, 2.45) is 0 Å². The first-order valence-corrected chi connectivity index (χ1v) is 20.0. The Bertz CT molecular complexity index is 388. The first kappa shape index (κ1) is 44.0. The molecular formula is C40H85NO. The highest BCUT2D eigenvalue weighted by molar-refractivity contribution is 4.52. The summed E-state index contributed by atoms with van der Waals surface area (Å²) in [7, 11) is 0. The summed E-state index contributed by atoms with van der Waals surface area (Å²) in [6, 6.07) is 0. The molecule has 0 aromatic carbocycles. The van der Waals surface area contributed by atoms with Gasteiger partial charge in [-0.05, 0) is 12.8 Å². The quantitative estimate of drug-likeness (QED) is 0.0721. The topological polar surface area (TPSA) is 44.2 Å². The Morgan fingerprint density at radius 3 is 0.524 bits per heavy atom. The lowest BCUT2D eigenvalue weighted by Crippen LogP contribution is -1.97. The Labute approximate surface area is 268 Å². The van der Waals surface area contributed by atoms with Crippen LogP contribution in [0.5, 0.6) is 0 Å². The van der Waals surface area contributed by atoms with Crippen molar-refractivity contribution in [1.29, 1.82) is 0 Å². The molecule has 0 aliphatic carbocycles. The largest absolute Gasteiger partial charge is 0.381 e. The van der Waals surface area contributed by atoms with Crippen LogP contribution in [-0.2, 0) is 4.74 Å². The van der Waals surface area contributed by atoms with Crippen molar-refractivity contribution >= 4 is 0 Å². The van der Waals surface area contributed by atoms with E-state index in [9.17, 15) is 0 Å². The molecule has 0 aliphatic heterocycles. The van der Waals surface area contributed by atoms with Gasteiger partial charge in [-0.1, -0.05) is 232 Å². The van der Waals surface area contributed by atoms with Crippen LogP contribution < -0.4 is 6.15 Å². The summed E-state index contributed by atoms with van der Waals surface area (Å²) in [5.41, 5.74) is 0. The highest BCUT2D eigenvalue weighted by atomic mass is 16.5. The van der Waals surface area contributed by atoms with E-state index in [2.05, 4.69) is 13.8 Å². The van der Waals surface area contributed by atoms with Gasteiger partial charge in [-0.25, -0.2) is 0 Å². The number of unbranched alkanes of at least 4 members (excludes halogenated alkanes) is 34. The second-order valence-electron chi connectivity index (χ2n) is 13.6. The molecule has 0 unspecified atom stereocenters. The minimum Gasteiger partial charge on any atom is -0.381 e. The van der Waals surface area contributed by atoms with Crippen LogP contribution in [0.3, 0.4) is 0 Å². The number of ether oxygens (including phenoxy) is 1. The van der Waals surface area contributed by atoms with Crippen molar-refractivity contribution in [3.8, 4) is 0 Å².